The molecular weight excluding hydrogens is 209 g/mol. The Morgan fingerprint density at radius 2 is 2.08 bits per heavy atom. The van der Waals surface area contributed by atoms with Crippen molar-refractivity contribution in [3.05, 3.63) is 28.0 Å². The summed E-state index contributed by atoms with van der Waals surface area (Å²) in [6.45, 7) is 0. The minimum Gasteiger partial charge on any atom is -0.292 e. The van der Waals surface area contributed by atoms with Crippen LogP contribution >= 0.6 is 23.2 Å². The van der Waals surface area contributed by atoms with E-state index in [4.69, 9.17) is 23.2 Å². The van der Waals surface area contributed by atoms with Crippen molar-refractivity contribution < 1.29 is 4.79 Å². The van der Waals surface area contributed by atoms with Crippen LogP contribution in [0.1, 0.15) is 23.3 Å². The lowest BCUT2D eigenvalue weighted by Crippen LogP contribution is -2.03. The van der Waals surface area contributed by atoms with E-state index >= 15 is 0 Å². The molecule has 1 fully saturated rings. The zero-order valence-corrected chi connectivity index (χ0v) is 8.27. The number of aromatic nitrogens is 1. The average molecular weight is 216 g/mol. The van der Waals surface area contributed by atoms with Crippen molar-refractivity contribution in [1.29, 1.82) is 0 Å². The summed E-state index contributed by atoms with van der Waals surface area (Å²) in [4.78, 5) is 15.4. The van der Waals surface area contributed by atoms with Gasteiger partial charge in [-0.2, -0.15) is 0 Å². The number of nitrogens with zero attached hydrogens (tertiary/aromatic N) is 1. The van der Waals surface area contributed by atoms with Gasteiger partial charge in [0.2, 0.25) is 0 Å². The maximum atomic E-state index is 11.5. The molecule has 0 saturated heterocycles. The van der Waals surface area contributed by atoms with E-state index in [0.717, 1.165) is 12.8 Å². The Morgan fingerprint density at radius 1 is 1.38 bits per heavy atom. The largest absolute Gasteiger partial charge is 0.292 e. The predicted octanol–water partition coefficient (Wildman–Crippen LogP) is 2.98. The summed E-state index contributed by atoms with van der Waals surface area (Å²) in [5.74, 6) is 0.253. The quantitative estimate of drug-likeness (QED) is 0.561. The van der Waals surface area contributed by atoms with E-state index in [1.807, 2.05) is 0 Å². The molecule has 1 aromatic rings. The van der Waals surface area contributed by atoms with E-state index in [9.17, 15) is 4.79 Å². The molecule has 0 N–H and O–H groups in total. The number of carbonyl (C=O) groups is 1. The fraction of sp³-hybridized carbons (Fsp3) is 0.333. The zero-order valence-electron chi connectivity index (χ0n) is 6.76. The number of rotatable bonds is 2. The van der Waals surface area contributed by atoms with Crippen molar-refractivity contribution in [3.8, 4) is 0 Å². The van der Waals surface area contributed by atoms with Crippen LogP contribution in [-0.2, 0) is 0 Å². The second kappa shape index (κ2) is 3.28. The SMILES string of the molecule is O=C(c1ccc(Cl)c(Cl)n1)C1CC1. The molecular formula is C9H7Cl2NO. The summed E-state index contributed by atoms with van der Waals surface area (Å²) >= 11 is 11.4. The molecule has 0 bridgehead atoms. The molecule has 0 amide bonds. The van der Waals surface area contributed by atoms with Crippen LogP contribution in [0.5, 0.6) is 0 Å². The van der Waals surface area contributed by atoms with Crippen molar-refractivity contribution in [2.75, 3.05) is 0 Å². The topological polar surface area (TPSA) is 30.0 Å². The van der Waals surface area contributed by atoms with Crippen LogP contribution in [0.2, 0.25) is 10.2 Å². The van der Waals surface area contributed by atoms with Crippen molar-refractivity contribution in [2.24, 2.45) is 5.92 Å². The molecule has 0 aliphatic heterocycles. The number of hydrogen-bond donors (Lipinski definition) is 0. The van der Waals surface area contributed by atoms with Gasteiger partial charge < -0.3 is 0 Å². The summed E-state index contributed by atoms with van der Waals surface area (Å²) in [5.41, 5.74) is 0.428. The minimum absolute atomic E-state index is 0.0820. The van der Waals surface area contributed by atoms with Crippen LogP contribution in [-0.4, -0.2) is 10.8 Å². The van der Waals surface area contributed by atoms with Crippen LogP contribution < -0.4 is 0 Å². The monoisotopic (exact) mass is 215 g/mol. The number of hydrogen-bond acceptors (Lipinski definition) is 2. The van der Waals surface area contributed by atoms with Crippen molar-refractivity contribution in [3.63, 3.8) is 0 Å². The van der Waals surface area contributed by atoms with Gasteiger partial charge in [0.15, 0.2) is 5.78 Å². The Kier molecular flexibility index (Phi) is 2.26. The number of Topliss-reactive ketones (excluding diaryl/α,β-unsaturated/α-hetero) is 1. The first-order chi connectivity index (χ1) is 6.18. The highest BCUT2D eigenvalue weighted by Crippen LogP contribution is 2.32. The van der Waals surface area contributed by atoms with Crippen LogP contribution in [0.25, 0.3) is 0 Å². The first kappa shape index (κ1) is 8.97. The molecule has 0 aromatic carbocycles. The molecule has 0 radical (unpaired) electrons. The second-order valence-corrected chi connectivity index (χ2v) is 3.87. The third-order valence-corrected chi connectivity index (χ3v) is 2.69. The molecule has 2 rings (SSSR count). The van der Waals surface area contributed by atoms with Gasteiger partial charge in [-0.3, -0.25) is 4.79 Å². The Hall–Kier alpha value is -0.600. The van der Waals surface area contributed by atoms with E-state index < -0.39 is 0 Å². The van der Waals surface area contributed by atoms with E-state index in [0.29, 0.717) is 10.7 Å². The van der Waals surface area contributed by atoms with Crippen LogP contribution in [0.4, 0.5) is 0 Å². The molecule has 1 heterocycles. The zero-order chi connectivity index (χ0) is 9.42. The van der Waals surface area contributed by atoms with E-state index in [2.05, 4.69) is 4.98 Å². The number of carbonyl (C=O) groups excluding carboxylic acids is 1. The molecule has 4 heteroatoms. The molecule has 1 aromatic heterocycles. The number of ketones is 1. The lowest BCUT2D eigenvalue weighted by atomic mass is 10.2. The number of pyridine rings is 1. The fourth-order valence-corrected chi connectivity index (χ4v) is 1.37. The van der Waals surface area contributed by atoms with E-state index in [1.165, 1.54) is 0 Å². The first-order valence-corrected chi connectivity index (χ1v) is 4.80. The summed E-state index contributed by atoms with van der Waals surface area (Å²) in [5, 5.41) is 0.585. The number of halogens is 2. The summed E-state index contributed by atoms with van der Waals surface area (Å²) in [6.07, 6.45) is 1.95. The fourth-order valence-electron chi connectivity index (χ4n) is 1.11. The Labute approximate surface area is 85.9 Å². The van der Waals surface area contributed by atoms with Crippen LogP contribution in [0.3, 0.4) is 0 Å². The highest BCUT2D eigenvalue weighted by atomic mass is 35.5. The molecule has 13 heavy (non-hydrogen) atoms. The molecule has 2 nitrogen and oxygen atoms in total. The average Bonchev–Trinajstić information content (AvgIpc) is 2.91. The van der Waals surface area contributed by atoms with Gasteiger partial charge in [0.25, 0.3) is 0 Å². The van der Waals surface area contributed by atoms with Gasteiger partial charge >= 0.3 is 0 Å². The highest BCUT2D eigenvalue weighted by Gasteiger charge is 2.31. The van der Waals surface area contributed by atoms with Gasteiger partial charge in [-0.15, -0.1) is 0 Å². The van der Waals surface area contributed by atoms with Crippen molar-refractivity contribution >= 4 is 29.0 Å². The molecule has 0 atom stereocenters. The van der Waals surface area contributed by atoms with Gasteiger partial charge in [-0.1, -0.05) is 23.2 Å². The lowest BCUT2D eigenvalue weighted by Gasteiger charge is -1.99. The lowest BCUT2D eigenvalue weighted by molar-refractivity contribution is 0.0963. The summed E-state index contributed by atoms with van der Waals surface area (Å²) < 4.78 is 0. The maximum absolute atomic E-state index is 11.5. The molecule has 0 spiro atoms. The Bertz CT molecular complexity index is 361. The molecule has 1 saturated carbocycles. The van der Waals surface area contributed by atoms with Crippen molar-refractivity contribution in [1.82, 2.24) is 4.98 Å². The van der Waals surface area contributed by atoms with Crippen LogP contribution in [0, 0.1) is 5.92 Å². The van der Waals surface area contributed by atoms with Gasteiger partial charge in [0, 0.05) is 5.92 Å². The third kappa shape index (κ3) is 1.84. The van der Waals surface area contributed by atoms with E-state index in [-0.39, 0.29) is 16.9 Å². The smallest absolute Gasteiger partial charge is 0.184 e. The van der Waals surface area contributed by atoms with Gasteiger partial charge in [-0.05, 0) is 25.0 Å². The predicted molar refractivity (Wildman–Crippen MR) is 51.3 cm³/mol. The normalized spacial score (nSPS) is 15.8. The minimum atomic E-state index is 0.0820. The van der Waals surface area contributed by atoms with Gasteiger partial charge in [0.05, 0.1) is 5.02 Å². The van der Waals surface area contributed by atoms with Gasteiger partial charge in [-0.25, -0.2) is 4.98 Å². The highest BCUT2D eigenvalue weighted by molar-refractivity contribution is 6.41. The second-order valence-electron chi connectivity index (χ2n) is 3.11. The molecule has 1 aliphatic carbocycles. The summed E-state index contributed by atoms with van der Waals surface area (Å²) in [7, 11) is 0. The molecule has 0 unspecified atom stereocenters. The van der Waals surface area contributed by atoms with Crippen LogP contribution in [0.15, 0.2) is 12.1 Å². The maximum Gasteiger partial charge on any atom is 0.184 e. The first-order valence-electron chi connectivity index (χ1n) is 4.05. The Balaban J connectivity index is 2.30. The Morgan fingerprint density at radius 3 is 2.62 bits per heavy atom. The summed E-state index contributed by atoms with van der Waals surface area (Å²) in [6, 6.07) is 3.22. The van der Waals surface area contributed by atoms with Gasteiger partial charge in [0.1, 0.15) is 10.8 Å². The third-order valence-electron chi connectivity index (χ3n) is 2.00. The molecule has 1 aliphatic rings. The van der Waals surface area contributed by atoms with E-state index in [1.54, 1.807) is 12.1 Å². The molecule has 68 valence electrons. The van der Waals surface area contributed by atoms with Crippen molar-refractivity contribution in [2.45, 2.75) is 12.8 Å². The standard InChI is InChI=1S/C9H7Cl2NO/c10-6-3-4-7(12-9(6)11)8(13)5-1-2-5/h3-5H,1-2H2.